The molecule has 0 saturated carbocycles. The monoisotopic (exact) mass is 176 g/mol. The van der Waals surface area contributed by atoms with Gasteiger partial charge < -0.3 is 4.74 Å². The van der Waals surface area contributed by atoms with E-state index in [9.17, 15) is 0 Å². The zero-order valence-corrected chi connectivity index (χ0v) is 8.07. The molecule has 0 aliphatic rings. The first kappa shape index (κ1) is 10.0. The van der Waals surface area contributed by atoms with Gasteiger partial charge in [-0.3, -0.25) is 0 Å². The zero-order valence-electron chi connectivity index (χ0n) is 8.07. The van der Waals surface area contributed by atoms with Crippen LogP contribution in [0.3, 0.4) is 0 Å². The quantitative estimate of drug-likeness (QED) is 0.494. The van der Waals surface area contributed by atoms with E-state index in [0.29, 0.717) is 0 Å². The second kappa shape index (κ2) is 5.55. The normalized spacial score (nSPS) is 12.4. The Kier molecular flexibility index (Phi) is 4.27. The summed E-state index contributed by atoms with van der Waals surface area (Å²) in [7, 11) is 0. The Bertz CT molecular complexity index is 241. The molecular weight excluding hydrogens is 160 g/mol. The van der Waals surface area contributed by atoms with Crippen molar-refractivity contribution in [3.05, 3.63) is 48.6 Å². The number of hydrogen-bond acceptors (Lipinski definition) is 1. The first-order valence-corrected chi connectivity index (χ1v) is 4.62. The predicted octanol–water partition coefficient (Wildman–Crippen LogP) is 3.34. The van der Waals surface area contributed by atoms with E-state index in [2.05, 4.69) is 25.6 Å². The lowest BCUT2D eigenvalue weighted by molar-refractivity contribution is 0.0693. The van der Waals surface area contributed by atoms with Crippen LogP contribution in [0.4, 0.5) is 0 Å². The highest BCUT2D eigenvalue weighted by atomic mass is 16.5. The Morgan fingerprint density at radius 2 is 2.08 bits per heavy atom. The van der Waals surface area contributed by atoms with Gasteiger partial charge >= 0.3 is 0 Å². The molecule has 1 unspecified atom stereocenters. The maximum absolute atomic E-state index is 5.60. The number of ether oxygens (including phenoxy) is 1. The topological polar surface area (TPSA) is 9.23 Å². The lowest BCUT2D eigenvalue weighted by Gasteiger charge is -2.12. The van der Waals surface area contributed by atoms with Crippen molar-refractivity contribution in [2.75, 3.05) is 6.61 Å². The van der Waals surface area contributed by atoms with E-state index >= 15 is 0 Å². The van der Waals surface area contributed by atoms with Crippen molar-refractivity contribution in [2.45, 2.75) is 19.4 Å². The molecule has 1 atom stereocenters. The van der Waals surface area contributed by atoms with Crippen LogP contribution in [0.15, 0.2) is 43.0 Å². The van der Waals surface area contributed by atoms with Gasteiger partial charge in [-0.05, 0) is 18.9 Å². The van der Waals surface area contributed by atoms with E-state index in [-0.39, 0.29) is 6.10 Å². The molecule has 0 saturated heterocycles. The Labute approximate surface area is 80.0 Å². The highest BCUT2D eigenvalue weighted by molar-refractivity contribution is 5.16. The Morgan fingerprint density at radius 3 is 2.69 bits per heavy atom. The van der Waals surface area contributed by atoms with Crippen LogP contribution in [0.25, 0.3) is 0 Å². The highest BCUT2D eigenvalue weighted by Crippen LogP contribution is 2.15. The molecule has 0 heterocycles. The first-order chi connectivity index (χ1) is 6.34. The van der Waals surface area contributed by atoms with Gasteiger partial charge in [-0.2, -0.15) is 0 Å². The summed E-state index contributed by atoms with van der Waals surface area (Å²) in [5.41, 5.74) is 1.23. The molecule has 70 valence electrons. The van der Waals surface area contributed by atoms with Gasteiger partial charge in [0.2, 0.25) is 0 Å². The minimum absolute atomic E-state index is 0.182. The molecule has 1 heteroatoms. The third-order valence-electron chi connectivity index (χ3n) is 1.96. The molecule has 0 spiro atoms. The van der Waals surface area contributed by atoms with Gasteiger partial charge in [0.05, 0.1) is 12.7 Å². The summed E-state index contributed by atoms with van der Waals surface area (Å²) in [6.07, 6.45) is 2.97. The average molecular weight is 176 g/mol. The maximum atomic E-state index is 5.60. The van der Waals surface area contributed by atoms with Crippen LogP contribution in [0.1, 0.15) is 25.0 Å². The van der Waals surface area contributed by atoms with E-state index < -0.39 is 0 Å². The zero-order chi connectivity index (χ0) is 9.52. The summed E-state index contributed by atoms with van der Waals surface area (Å²) in [4.78, 5) is 0. The number of rotatable bonds is 5. The van der Waals surface area contributed by atoms with Gasteiger partial charge in [0.1, 0.15) is 0 Å². The van der Waals surface area contributed by atoms with Gasteiger partial charge in [-0.15, -0.1) is 6.58 Å². The molecule has 0 aliphatic carbocycles. The summed E-state index contributed by atoms with van der Waals surface area (Å²) >= 11 is 0. The maximum Gasteiger partial charge on any atom is 0.0796 e. The SMILES string of the molecule is C=CCCOC(C)c1ccccc1. The molecule has 0 fully saturated rings. The average Bonchev–Trinajstić information content (AvgIpc) is 2.19. The summed E-state index contributed by atoms with van der Waals surface area (Å²) in [5, 5.41) is 0. The summed E-state index contributed by atoms with van der Waals surface area (Å²) in [6.45, 7) is 6.47. The number of hydrogen-bond donors (Lipinski definition) is 0. The van der Waals surface area contributed by atoms with Crippen molar-refractivity contribution < 1.29 is 4.74 Å². The molecule has 0 bridgehead atoms. The fourth-order valence-corrected chi connectivity index (χ4v) is 1.15. The molecule has 0 aromatic heterocycles. The van der Waals surface area contributed by atoms with Gasteiger partial charge in [-0.1, -0.05) is 36.4 Å². The van der Waals surface area contributed by atoms with Crippen LogP contribution in [0.5, 0.6) is 0 Å². The molecule has 1 aromatic rings. The van der Waals surface area contributed by atoms with Crippen molar-refractivity contribution in [1.29, 1.82) is 0 Å². The summed E-state index contributed by atoms with van der Waals surface area (Å²) in [6, 6.07) is 10.2. The van der Waals surface area contributed by atoms with Crippen molar-refractivity contribution >= 4 is 0 Å². The van der Waals surface area contributed by atoms with Gasteiger partial charge in [0.25, 0.3) is 0 Å². The summed E-state index contributed by atoms with van der Waals surface area (Å²) < 4.78 is 5.60. The fourth-order valence-electron chi connectivity index (χ4n) is 1.15. The second-order valence-corrected chi connectivity index (χ2v) is 3.00. The van der Waals surface area contributed by atoms with Crippen molar-refractivity contribution in [2.24, 2.45) is 0 Å². The van der Waals surface area contributed by atoms with Crippen molar-refractivity contribution in [1.82, 2.24) is 0 Å². The molecule has 0 amide bonds. The lowest BCUT2D eigenvalue weighted by Crippen LogP contribution is -2.00. The Morgan fingerprint density at radius 1 is 1.38 bits per heavy atom. The molecule has 0 radical (unpaired) electrons. The van der Waals surface area contributed by atoms with Gasteiger partial charge in [-0.25, -0.2) is 0 Å². The molecule has 0 aliphatic heterocycles. The highest BCUT2D eigenvalue weighted by Gasteiger charge is 2.02. The lowest BCUT2D eigenvalue weighted by atomic mass is 10.1. The third-order valence-corrected chi connectivity index (χ3v) is 1.96. The van der Waals surface area contributed by atoms with Crippen LogP contribution in [-0.4, -0.2) is 6.61 Å². The smallest absolute Gasteiger partial charge is 0.0796 e. The summed E-state index contributed by atoms with van der Waals surface area (Å²) in [5.74, 6) is 0. The van der Waals surface area contributed by atoms with Gasteiger partial charge in [0.15, 0.2) is 0 Å². The molecule has 1 rings (SSSR count). The molecule has 1 nitrogen and oxygen atoms in total. The van der Waals surface area contributed by atoms with E-state index in [0.717, 1.165) is 13.0 Å². The first-order valence-electron chi connectivity index (χ1n) is 4.62. The van der Waals surface area contributed by atoms with Crippen LogP contribution < -0.4 is 0 Å². The Balaban J connectivity index is 2.39. The minimum Gasteiger partial charge on any atom is -0.374 e. The largest absolute Gasteiger partial charge is 0.374 e. The fraction of sp³-hybridized carbons (Fsp3) is 0.333. The standard InChI is InChI=1S/C12H16O/c1-3-4-10-13-11(2)12-8-6-5-7-9-12/h3,5-9,11H,1,4,10H2,2H3. The molecule has 1 aromatic carbocycles. The van der Waals surface area contributed by atoms with Gasteiger partial charge in [0, 0.05) is 0 Å². The Hall–Kier alpha value is -1.08. The third kappa shape index (κ3) is 3.43. The van der Waals surface area contributed by atoms with Crippen LogP contribution in [0.2, 0.25) is 0 Å². The molecule has 0 N–H and O–H groups in total. The van der Waals surface area contributed by atoms with Crippen LogP contribution in [0, 0.1) is 0 Å². The number of benzene rings is 1. The minimum atomic E-state index is 0.182. The van der Waals surface area contributed by atoms with Crippen molar-refractivity contribution in [3.63, 3.8) is 0 Å². The van der Waals surface area contributed by atoms with E-state index in [1.54, 1.807) is 0 Å². The van der Waals surface area contributed by atoms with E-state index in [1.165, 1.54) is 5.56 Å². The van der Waals surface area contributed by atoms with Crippen LogP contribution >= 0.6 is 0 Å². The molecular formula is C12H16O. The second-order valence-electron chi connectivity index (χ2n) is 3.00. The van der Waals surface area contributed by atoms with E-state index in [1.807, 2.05) is 24.3 Å². The molecule has 13 heavy (non-hydrogen) atoms. The predicted molar refractivity (Wildman–Crippen MR) is 55.6 cm³/mol. The van der Waals surface area contributed by atoms with E-state index in [4.69, 9.17) is 4.74 Å². The van der Waals surface area contributed by atoms with Crippen molar-refractivity contribution in [3.8, 4) is 0 Å². The van der Waals surface area contributed by atoms with Crippen LogP contribution in [-0.2, 0) is 4.74 Å².